The summed E-state index contributed by atoms with van der Waals surface area (Å²) in [7, 11) is 0. The molecule has 28 heavy (non-hydrogen) atoms. The number of nitrogens with two attached hydrogens (primary N) is 1. The number of hydrogen-bond donors (Lipinski definition) is 3. The monoisotopic (exact) mass is 428 g/mol. The molecule has 0 saturated carbocycles. The van der Waals surface area contributed by atoms with Gasteiger partial charge in [-0.1, -0.05) is 0 Å². The van der Waals surface area contributed by atoms with E-state index in [1.54, 1.807) is 13.0 Å². The highest BCUT2D eigenvalue weighted by Crippen LogP contribution is 2.25. The molecule has 4 N–H and O–H groups in total. The first kappa shape index (κ1) is 23.6. The number of nitrogens with zero attached hydrogens (tertiary/aromatic N) is 1. The highest BCUT2D eigenvalue weighted by Gasteiger charge is 2.22. The maximum absolute atomic E-state index is 12.5. The first-order valence-electron chi connectivity index (χ1n) is 8.37. The van der Waals surface area contributed by atoms with Gasteiger partial charge in [0, 0.05) is 12.1 Å². The largest absolute Gasteiger partial charge is 0.427 e. The van der Waals surface area contributed by atoms with Gasteiger partial charge in [0.2, 0.25) is 5.91 Å². The molecule has 8 nitrogen and oxygen atoms in total. The lowest BCUT2D eigenvalue weighted by atomic mass is 9.94. The van der Waals surface area contributed by atoms with Gasteiger partial charge < -0.3 is 20.8 Å². The van der Waals surface area contributed by atoms with Crippen molar-refractivity contribution >= 4 is 42.3 Å². The van der Waals surface area contributed by atoms with Gasteiger partial charge in [-0.3, -0.25) is 14.6 Å². The van der Waals surface area contributed by atoms with E-state index in [2.05, 4.69) is 15.6 Å². The zero-order valence-electron chi connectivity index (χ0n) is 15.2. The molecule has 0 aromatic carbocycles. The van der Waals surface area contributed by atoms with Gasteiger partial charge in [-0.15, -0.1) is 24.8 Å². The Morgan fingerprint density at radius 1 is 1.21 bits per heavy atom. The molecule has 0 aliphatic carbocycles. The van der Waals surface area contributed by atoms with E-state index in [0.29, 0.717) is 11.3 Å². The number of carbonyl (C=O) groups is 2. The smallest absolute Gasteiger partial charge is 0.349 e. The van der Waals surface area contributed by atoms with Crippen LogP contribution in [0.2, 0.25) is 0 Å². The molecule has 152 valence electrons. The fourth-order valence-corrected chi connectivity index (χ4v) is 3.05. The normalized spacial score (nSPS) is 13.8. The summed E-state index contributed by atoms with van der Waals surface area (Å²) < 4.78 is 5.42. The first-order valence-corrected chi connectivity index (χ1v) is 8.37. The van der Waals surface area contributed by atoms with Crippen molar-refractivity contribution in [1.82, 2.24) is 10.3 Å². The number of hydrogen-bond acceptors (Lipinski definition) is 6. The summed E-state index contributed by atoms with van der Waals surface area (Å²) in [6, 6.07) is 3.15. The molecule has 1 aliphatic heterocycles. The Balaban J connectivity index is 0.00000196. The summed E-state index contributed by atoms with van der Waals surface area (Å²) in [5.41, 5.74) is 5.44. The van der Waals surface area contributed by atoms with Crippen molar-refractivity contribution in [2.75, 3.05) is 18.4 Å². The predicted molar refractivity (Wildman–Crippen MR) is 110 cm³/mol. The van der Waals surface area contributed by atoms with Crippen LogP contribution in [0.5, 0.6) is 0 Å². The van der Waals surface area contributed by atoms with Crippen LogP contribution in [0.4, 0.5) is 5.69 Å². The number of nitrogens with one attached hydrogen (secondary N) is 2. The Morgan fingerprint density at radius 2 is 1.89 bits per heavy atom. The zero-order valence-corrected chi connectivity index (χ0v) is 16.8. The van der Waals surface area contributed by atoms with Gasteiger partial charge in [-0.05, 0) is 50.6 Å². The molecule has 0 atom stereocenters. The molecule has 0 bridgehead atoms. The number of primary amides is 1. The first-order chi connectivity index (χ1) is 12.5. The van der Waals surface area contributed by atoms with Gasteiger partial charge in [-0.2, -0.15) is 0 Å². The molecular weight excluding hydrogens is 407 g/mol. The van der Waals surface area contributed by atoms with E-state index in [1.807, 2.05) is 0 Å². The third-order valence-corrected chi connectivity index (χ3v) is 4.42. The van der Waals surface area contributed by atoms with E-state index in [0.717, 1.165) is 25.9 Å². The van der Waals surface area contributed by atoms with Gasteiger partial charge in [0.1, 0.15) is 11.3 Å². The number of aromatic nitrogens is 1. The SMILES string of the molecule is Cc1cc(C2CCNCC2)oc(=O)c1C(=O)Nc1cncc(C(N)=O)c1.Cl.Cl. The molecule has 3 heterocycles. The van der Waals surface area contributed by atoms with E-state index >= 15 is 0 Å². The Bertz CT molecular complexity index is 911. The summed E-state index contributed by atoms with van der Waals surface area (Å²) >= 11 is 0. The quantitative estimate of drug-likeness (QED) is 0.682. The lowest BCUT2D eigenvalue weighted by molar-refractivity contribution is 0.0995. The van der Waals surface area contributed by atoms with Crippen molar-refractivity contribution in [3.8, 4) is 0 Å². The third-order valence-electron chi connectivity index (χ3n) is 4.42. The Kier molecular flexibility index (Phi) is 8.62. The lowest BCUT2D eigenvalue weighted by Gasteiger charge is -2.21. The average molecular weight is 429 g/mol. The highest BCUT2D eigenvalue weighted by atomic mass is 35.5. The molecule has 0 spiro atoms. The highest BCUT2D eigenvalue weighted by molar-refractivity contribution is 6.05. The van der Waals surface area contributed by atoms with Gasteiger partial charge >= 0.3 is 5.63 Å². The van der Waals surface area contributed by atoms with E-state index in [1.165, 1.54) is 18.5 Å². The maximum atomic E-state index is 12.5. The van der Waals surface area contributed by atoms with Gasteiger partial charge in [0.05, 0.1) is 17.4 Å². The minimum atomic E-state index is -0.671. The number of pyridine rings is 1. The van der Waals surface area contributed by atoms with Crippen molar-refractivity contribution in [1.29, 1.82) is 0 Å². The summed E-state index contributed by atoms with van der Waals surface area (Å²) in [6.07, 6.45) is 4.44. The van der Waals surface area contributed by atoms with E-state index in [9.17, 15) is 14.4 Å². The molecule has 0 unspecified atom stereocenters. The molecule has 10 heteroatoms. The zero-order chi connectivity index (χ0) is 18.7. The molecule has 2 aromatic heterocycles. The lowest BCUT2D eigenvalue weighted by Crippen LogP contribution is -2.28. The number of amides is 2. The van der Waals surface area contributed by atoms with Crippen LogP contribution in [-0.4, -0.2) is 29.9 Å². The second-order valence-corrected chi connectivity index (χ2v) is 6.30. The van der Waals surface area contributed by atoms with Crippen LogP contribution in [0.15, 0.2) is 33.7 Å². The molecule has 3 rings (SSSR count). The fraction of sp³-hybridized carbons (Fsp3) is 0.333. The number of aryl methyl sites for hydroxylation is 1. The topological polar surface area (TPSA) is 127 Å². The summed E-state index contributed by atoms with van der Waals surface area (Å²) in [5.74, 6) is -0.480. The second kappa shape index (κ2) is 10.2. The van der Waals surface area contributed by atoms with Crippen LogP contribution in [0, 0.1) is 6.92 Å². The predicted octanol–water partition coefficient (Wildman–Crippen LogP) is 2.01. The summed E-state index contributed by atoms with van der Waals surface area (Å²) in [5, 5.41) is 5.82. The summed E-state index contributed by atoms with van der Waals surface area (Å²) in [6.45, 7) is 3.45. The Hall–Kier alpha value is -2.42. The maximum Gasteiger partial charge on any atom is 0.349 e. The average Bonchev–Trinajstić information content (AvgIpc) is 2.62. The van der Waals surface area contributed by atoms with Crippen LogP contribution in [0.1, 0.15) is 50.8 Å². The molecule has 0 radical (unpaired) electrons. The van der Waals surface area contributed by atoms with Crippen LogP contribution >= 0.6 is 24.8 Å². The molecule has 1 aliphatic rings. The summed E-state index contributed by atoms with van der Waals surface area (Å²) in [4.78, 5) is 39.9. The van der Waals surface area contributed by atoms with E-state index in [-0.39, 0.29) is 47.5 Å². The molecule has 2 aromatic rings. The van der Waals surface area contributed by atoms with E-state index in [4.69, 9.17) is 10.2 Å². The minimum absolute atomic E-state index is 0. The van der Waals surface area contributed by atoms with Crippen molar-refractivity contribution in [3.05, 3.63) is 57.4 Å². The van der Waals surface area contributed by atoms with Crippen LogP contribution < -0.4 is 22.0 Å². The van der Waals surface area contributed by atoms with Crippen molar-refractivity contribution < 1.29 is 14.0 Å². The number of piperidine rings is 1. The Labute approximate surface area is 174 Å². The fourth-order valence-electron chi connectivity index (χ4n) is 3.05. The molecule has 2 amide bonds. The Morgan fingerprint density at radius 3 is 2.50 bits per heavy atom. The molecular formula is C18H22Cl2N4O4. The van der Waals surface area contributed by atoms with Crippen LogP contribution in [-0.2, 0) is 0 Å². The number of anilines is 1. The van der Waals surface area contributed by atoms with E-state index < -0.39 is 17.4 Å². The second-order valence-electron chi connectivity index (χ2n) is 6.30. The number of rotatable bonds is 4. The van der Waals surface area contributed by atoms with Gasteiger partial charge in [0.15, 0.2) is 0 Å². The van der Waals surface area contributed by atoms with Crippen molar-refractivity contribution in [2.45, 2.75) is 25.7 Å². The number of halogens is 2. The number of carbonyl (C=O) groups excluding carboxylic acids is 2. The van der Waals surface area contributed by atoms with Crippen LogP contribution in [0.3, 0.4) is 0 Å². The molecule has 1 saturated heterocycles. The minimum Gasteiger partial charge on any atom is -0.427 e. The van der Waals surface area contributed by atoms with Gasteiger partial charge in [0.25, 0.3) is 5.91 Å². The van der Waals surface area contributed by atoms with Gasteiger partial charge in [-0.25, -0.2) is 4.79 Å². The van der Waals surface area contributed by atoms with Crippen molar-refractivity contribution in [2.24, 2.45) is 5.73 Å². The van der Waals surface area contributed by atoms with Crippen LogP contribution in [0.25, 0.3) is 0 Å². The molecule has 1 fully saturated rings. The third kappa shape index (κ3) is 5.31. The standard InChI is InChI=1S/C18H20N4O4.2ClH/c1-10-6-14(11-2-4-20-5-3-11)26-18(25)15(10)17(24)22-13-7-12(16(19)23)8-21-9-13;;/h6-9,11,20H,2-5H2,1H3,(H2,19,23)(H,22,24);2*1H. The van der Waals surface area contributed by atoms with Crippen molar-refractivity contribution in [3.63, 3.8) is 0 Å².